The first kappa shape index (κ1) is 7.53. The predicted octanol–water partition coefficient (Wildman–Crippen LogP) is 0.710. The van der Waals surface area contributed by atoms with Gasteiger partial charge in [0.2, 0.25) is 0 Å². The van der Waals surface area contributed by atoms with E-state index in [1.807, 2.05) is 13.8 Å². The molecule has 0 aliphatic carbocycles. The third-order valence-electron chi connectivity index (χ3n) is 3.47. The Labute approximate surface area is 66.6 Å². The number of rotatable bonds is 0. The zero-order chi connectivity index (χ0) is 8.28. The minimum atomic E-state index is -0.477. The summed E-state index contributed by atoms with van der Waals surface area (Å²) in [6.45, 7) is 3.81. The van der Waals surface area contributed by atoms with Crippen molar-refractivity contribution in [2.75, 3.05) is 0 Å². The van der Waals surface area contributed by atoms with E-state index in [0.717, 1.165) is 17.9 Å². The van der Waals surface area contributed by atoms with Gasteiger partial charge in [0.25, 0.3) is 0 Å². The number of hydroxylamine groups is 2. The Morgan fingerprint density at radius 2 is 2.09 bits per heavy atom. The summed E-state index contributed by atoms with van der Waals surface area (Å²) in [6, 6.07) is 0. The first-order valence-corrected chi connectivity index (χ1v) is 4.15. The number of hydrogen-bond donors (Lipinski definition) is 1. The van der Waals surface area contributed by atoms with Gasteiger partial charge in [-0.25, -0.2) is 0 Å². The summed E-state index contributed by atoms with van der Waals surface area (Å²) in [5, 5.41) is 22.3. The lowest BCUT2D eigenvalue weighted by Gasteiger charge is -2.27. The highest BCUT2D eigenvalue weighted by atomic mass is 16.5. The van der Waals surface area contributed by atoms with Gasteiger partial charge in [0.1, 0.15) is 0 Å². The highest BCUT2D eigenvalue weighted by molar-refractivity contribution is 5.12. The van der Waals surface area contributed by atoms with Crippen molar-refractivity contribution in [2.24, 2.45) is 0 Å². The average molecular weight is 156 g/mol. The van der Waals surface area contributed by atoms with Gasteiger partial charge in [-0.2, -0.15) is 0 Å². The van der Waals surface area contributed by atoms with E-state index < -0.39 is 11.6 Å². The Kier molecular flexibility index (Phi) is 1.22. The molecule has 0 aromatic carbocycles. The fourth-order valence-electron chi connectivity index (χ4n) is 2.47. The molecular formula is C8H14NO2. The van der Waals surface area contributed by atoms with Crippen LogP contribution in [-0.4, -0.2) is 27.4 Å². The van der Waals surface area contributed by atoms with Crippen LogP contribution >= 0.6 is 0 Å². The van der Waals surface area contributed by atoms with E-state index >= 15 is 0 Å². The van der Waals surface area contributed by atoms with Gasteiger partial charge in [-0.05, 0) is 33.1 Å². The van der Waals surface area contributed by atoms with Crippen LogP contribution in [0.2, 0.25) is 0 Å². The van der Waals surface area contributed by atoms with Gasteiger partial charge in [0, 0.05) is 5.54 Å². The molecule has 2 heterocycles. The molecule has 63 valence electrons. The molecule has 3 heteroatoms. The van der Waals surface area contributed by atoms with Crippen LogP contribution in [0.5, 0.6) is 0 Å². The number of fused-ring (bicyclic) bond motifs is 2. The van der Waals surface area contributed by atoms with Crippen LogP contribution in [0, 0.1) is 0 Å². The van der Waals surface area contributed by atoms with Crippen LogP contribution in [0.1, 0.15) is 33.1 Å². The quantitative estimate of drug-likeness (QED) is 0.561. The van der Waals surface area contributed by atoms with E-state index in [9.17, 15) is 10.3 Å². The molecule has 2 bridgehead atoms. The molecule has 2 fully saturated rings. The fraction of sp³-hybridized carbons (Fsp3) is 1.00. The zero-order valence-electron chi connectivity index (χ0n) is 7.00. The molecule has 0 aromatic rings. The van der Waals surface area contributed by atoms with Gasteiger partial charge in [-0.3, -0.25) is 0 Å². The van der Waals surface area contributed by atoms with Gasteiger partial charge in [-0.1, -0.05) is 0 Å². The topological polar surface area (TPSA) is 43.4 Å². The normalized spacial score (nSPS) is 57.3. The van der Waals surface area contributed by atoms with E-state index in [0.29, 0.717) is 6.42 Å². The molecule has 0 aromatic heterocycles. The number of hydrogen-bond acceptors (Lipinski definition) is 2. The fourth-order valence-corrected chi connectivity index (χ4v) is 2.47. The van der Waals surface area contributed by atoms with Gasteiger partial charge >= 0.3 is 0 Å². The van der Waals surface area contributed by atoms with Gasteiger partial charge in [0.05, 0.1) is 11.6 Å². The Balaban J connectivity index is 2.37. The molecule has 0 saturated carbocycles. The zero-order valence-corrected chi connectivity index (χ0v) is 7.00. The Morgan fingerprint density at radius 1 is 1.45 bits per heavy atom. The summed E-state index contributed by atoms with van der Waals surface area (Å²) in [4.78, 5) is 0. The number of aliphatic hydroxyl groups excluding tert-OH is 1. The largest absolute Gasteiger partial charge is 0.391 e. The van der Waals surface area contributed by atoms with Crippen molar-refractivity contribution in [3.8, 4) is 0 Å². The van der Waals surface area contributed by atoms with Gasteiger partial charge in [0.15, 0.2) is 0 Å². The van der Waals surface area contributed by atoms with Crippen LogP contribution in [0.25, 0.3) is 0 Å². The van der Waals surface area contributed by atoms with Crippen LogP contribution in [0.3, 0.4) is 0 Å². The van der Waals surface area contributed by atoms with Gasteiger partial charge < -0.3 is 5.11 Å². The molecule has 2 aliphatic rings. The summed E-state index contributed by atoms with van der Waals surface area (Å²) in [5.74, 6) is 0. The lowest BCUT2D eigenvalue weighted by molar-refractivity contribution is -0.234. The van der Waals surface area contributed by atoms with Crippen molar-refractivity contribution in [1.29, 1.82) is 0 Å². The standard InChI is InChI=1S/C8H14NO2/c1-7-3-4-8(2,9(7)11)6(10)5-7/h6,10H,3-5H2,1-2H3. The molecule has 11 heavy (non-hydrogen) atoms. The Hall–Kier alpha value is -0.120. The smallest absolute Gasteiger partial charge is 0.0763 e. The highest BCUT2D eigenvalue weighted by Gasteiger charge is 2.61. The third kappa shape index (κ3) is 0.687. The lowest BCUT2D eigenvalue weighted by atomic mass is 9.82. The molecule has 3 nitrogen and oxygen atoms in total. The molecule has 2 aliphatic heterocycles. The molecule has 2 rings (SSSR count). The average Bonchev–Trinajstić information content (AvgIpc) is 2.23. The monoisotopic (exact) mass is 156 g/mol. The minimum absolute atomic E-state index is 0.270. The first-order chi connectivity index (χ1) is 4.99. The highest BCUT2D eigenvalue weighted by Crippen LogP contribution is 2.51. The van der Waals surface area contributed by atoms with Crippen molar-refractivity contribution in [3.63, 3.8) is 0 Å². The number of aliphatic hydroxyl groups is 1. The van der Waals surface area contributed by atoms with Crippen LogP contribution in [-0.2, 0) is 5.21 Å². The second kappa shape index (κ2) is 1.79. The summed E-state index contributed by atoms with van der Waals surface area (Å²) in [5.41, 5.74) is -0.747. The van der Waals surface area contributed by atoms with Crippen LogP contribution in [0.15, 0.2) is 0 Å². The van der Waals surface area contributed by atoms with E-state index in [1.54, 1.807) is 0 Å². The Morgan fingerprint density at radius 3 is 2.27 bits per heavy atom. The number of nitrogens with zero attached hydrogens (tertiary/aromatic N) is 1. The molecule has 0 spiro atoms. The molecule has 3 unspecified atom stereocenters. The van der Waals surface area contributed by atoms with Crippen LogP contribution < -0.4 is 0 Å². The predicted molar refractivity (Wildman–Crippen MR) is 39.2 cm³/mol. The summed E-state index contributed by atoms with van der Waals surface area (Å²) < 4.78 is 0. The molecule has 1 radical (unpaired) electrons. The first-order valence-electron chi connectivity index (χ1n) is 4.15. The SMILES string of the molecule is CC12CCC(C)(C(O)C1)N2[O]. The van der Waals surface area contributed by atoms with Crippen molar-refractivity contribution in [1.82, 2.24) is 5.06 Å². The molecule has 3 atom stereocenters. The van der Waals surface area contributed by atoms with Crippen molar-refractivity contribution in [2.45, 2.75) is 50.3 Å². The maximum absolute atomic E-state index is 11.6. The van der Waals surface area contributed by atoms with E-state index in [1.165, 1.54) is 0 Å². The summed E-state index contributed by atoms with van der Waals surface area (Å²) in [6.07, 6.45) is 2.00. The van der Waals surface area contributed by atoms with E-state index in [2.05, 4.69) is 0 Å². The minimum Gasteiger partial charge on any atom is -0.391 e. The van der Waals surface area contributed by atoms with Crippen molar-refractivity contribution >= 4 is 0 Å². The van der Waals surface area contributed by atoms with E-state index in [-0.39, 0.29) is 5.54 Å². The summed E-state index contributed by atoms with van der Waals surface area (Å²) >= 11 is 0. The summed E-state index contributed by atoms with van der Waals surface area (Å²) in [7, 11) is 0. The maximum Gasteiger partial charge on any atom is 0.0763 e. The van der Waals surface area contributed by atoms with Crippen molar-refractivity contribution < 1.29 is 10.3 Å². The molecular weight excluding hydrogens is 142 g/mol. The molecule has 1 N–H and O–H groups in total. The maximum atomic E-state index is 11.6. The Bertz CT molecular complexity index is 197. The molecule has 0 amide bonds. The third-order valence-corrected chi connectivity index (χ3v) is 3.47. The van der Waals surface area contributed by atoms with Crippen LogP contribution in [0.4, 0.5) is 0 Å². The second-order valence-corrected chi connectivity index (χ2v) is 4.37. The lowest BCUT2D eigenvalue weighted by Crippen LogP contribution is -2.43. The van der Waals surface area contributed by atoms with Gasteiger partial charge in [-0.15, -0.1) is 10.3 Å². The molecule has 2 saturated heterocycles. The van der Waals surface area contributed by atoms with E-state index in [4.69, 9.17) is 0 Å². The second-order valence-electron chi connectivity index (χ2n) is 4.37. The van der Waals surface area contributed by atoms with Crippen molar-refractivity contribution in [3.05, 3.63) is 0 Å².